The molecule has 1 fully saturated rings. The lowest BCUT2D eigenvalue weighted by molar-refractivity contribution is -0.144. The van der Waals surface area contributed by atoms with Crippen molar-refractivity contribution >= 4 is 23.4 Å². The molecule has 1 aliphatic heterocycles. The molecular formula is C13H14N2O3. The third-order valence-electron chi connectivity index (χ3n) is 2.90. The van der Waals surface area contributed by atoms with Crippen LogP contribution in [0.1, 0.15) is 19.8 Å². The molecule has 0 aromatic heterocycles. The van der Waals surface area contributed by atoms with Crippen molar-refractivity contribution in [3.05, 3.63) is 30.3 Å². The van der Waals surface area contributed by atoms with Gasteiger partial charge in [-0.1, -0.05) is 18.2 Å². The number of hydrogen-bond donors (Lipinski definition) is 1. The molecule has 1 N–H and O–H groups in total. The van der Waals surface area contributed by atoms with E-state index < -0.39 is 6.04 Å². The summed E-state index contributed by atoms with van der Waals surface area (Å²) in [6, 6.07) is 8.16. The van der Waals surface area contributed by atoms with Gasteiger partial charge in [-0.2, -0.15) is 0 Å². The second kappa shape index (κ2) is 5.00. The van der Waals surface area contributed by atoms with Crippen LogP contribution in [0, 0.1) is 0 Å². The fraction of sp³-hybridized carbons (Fsp3) is 0.308. The molecule has 18 heavy (non-hydrogen) atoms. The topological polar surface area (TPSA) is 66.5 Å². The fourth-order valence-corrected chi connectivity index (χ4v) is 1.91. The van der Waals surface area contributed by atoms with Crippen molar-refractivity contribution in [2.45, 2.75) is 25.8 Å². The standard InChI is InChI=1S/C13H14N2O3/c1-9(15-11(16)7-8-12(15)17)13(18)14-10-5-3-2-4-6-10/h2-6,9H,7-8H2,1H3,(H,14,18)/t9-/m0/s1. The SMILES string of the molecule is C[C@@H](C(=O)Nc1ccccc1)N1C(=O)CCC1=O. The summed E-state index contributed by atoms with van der Waals surface area (Å²) >= 11 is 0. The largest absolute Gasteiger partial charge is 0.324 e. The maximum atomic E-state index is 11.9. The number of hydrogen-bond acceptors (Lipinski definition) is 3. The van der Waals surface area contributed by atoms with Crippen molar-refractivity contribution in [1.82, 2.24) is 4.90 Å². The van der Waals surface area contributed by atoms with Crippen LogP contribution in [0.5, 0.6) is 0 Å². The molecule has 3 amide bonds. The zero-order valence-electron chi connectivity index (χ0n) is 10.1. The van der Waals surface area contributed by atoms with E-state index in [2.05, 4.69) is 5.32 Å². The van der Waals surface area contributed by atoms with Crippen LogP contribution < -0.4 is 5.32 Å². The van der Waals surface area contributed by atoms with Gasteiger partial charge in [-0.25, -0.2) is 0 Å². The maximum absolute atomic E-state index is 11.9. The molecule has 1 saturated heterocycles. The van der Waals surface area contributed by atoms with Crippen molar-refractivity contribution in [3.63, 3.8) is 0 Å². The number of para-hydroxylation sites is 1. The van der Waals surface area contributed by atoms with Gasteiger partial charge in [0, 0.05) is 18.5 Å². The molecule has 0 aliphatic carbocycles. The highest BCUT2D eigenvalue weighted by Gasteiger charge is 2.36. The Morgan fingerprint density at radius 1 is 1.17 bits per heavy atom. The Bertz CT molecular complexity index is 468. The molecule has 5 nitrogen and oxygen atoms in total. The molecule has 1 aromatic rings. The average Bonchev–Trinajstić information content (AvgIpc) is 2.69. The van der Waals surface area contributed by atoms with E-state index in [1.165, 1.54) is 0 Å². The van der Waals surface area contributed by atoms with Crippen molar-refractivity contribution in [2.75, 3.05) is 5.32 Å². The van der Waals surface area contributed by atoms with Crippen molar-refractivity contribution in [1.29, 1.82) is 0 Å². The Balaban J connectivity index is 2.05. The van der Waals surface area contributed by atoms with Gasteiger partial charge >= 0.3 is 0 Å². The van der Waals surface area contributed by atoms with Gasteiger partial charge in [0.1, 0.15) is 6.04 Å². The Hall–Kier alpha value is -2.17. The first-order valence-corrected chi connectivity index (χ1v) is 5.80. The van der Waals surface area contributed by atoms with Crippen LogP contribution in [-0.2, 0) is 14.4 Å². The number of amides is 3. The molecule has 1 aliphatic rings. The molecule has 0 bridgehead atoms. The van der Waals surface area contributed by atoms with E-state index in [-0.39, 0.29) is 30.6 Å². The number of carbonyl (C=O) groups excluding carboxylic acids is 3. The zero-order chi connectivity index (χ0) is 13.1. The number of anilines is 1. The summed E-state index contributed by atoms with van der Waals surface area (Å²) in [5.41, 5.74) is 0.647. The zero-order valence-corrected chi connectivity index (χ0v) is 10.1. The smallest absolute Gasteiger partial charge is 0.247 e. The van der Waals surface area contributed by atoms with E-state index in [0.717, 1.165) is 4.90 Å². The Kier molecular flexibility index (Phi) is 3.41. The molecule has 0 unspecified atom stereocenters. The minimum Gasteiger partial charge on any atom is -0.324 e. The van der Waals surface area contributed by atoms with Crippen LogP contribution in [0.25, 0.3) is 0 Å². The Labute approximate surface area is 105 Å². The molecule has 2 rings (SSSR count). The molecule has 1 heterocycles. The molecule has 0 saturated carbocycles. The average molecular weight is 246 g/mol. The monoisotopic (exact) mass is 246 g/mol. The molecule has 94 valence electrons. The van der Waals surface area contributed by atoms with Crippen molar-refractivity contribution < 1.29 is 14.4 Å². The molecule has 0 radical (unpaired) electrons. The van der Waals surface area contributed by atoms with E-state index in [9.17, 15) is 14.4 Å². The molecule has 1 atom stereocenters. The summed E-state index contributed by atoms with van der Waals surface area (Å²) in [7, 11) is 0. The molecular weight excluding hydrogens is 232 g/mol. The molecule has 0 spiro atoms. The number of rotatable bonds is 3. The summed E-state index contributed by atoms with van der Waals surface area (Å²) in [4.78, 5) is 36.0. The summed E-state index contributed by atoms with van der Waals surface area (Å²) < 4.78 is 0. The van der Waals surface area contributed by atoms with Gasteiger partial charge < -0.3 is 5.32 Å². The van der Waals surface area contributed by atoms with Crippen LogP contribution in [0.3, 0.4) is 0 Å². The molecule has 1 aromatic carbocycles. The number of likely N-dealkylation sites (tertiary alicyclic amines) is 1. The first-order valence-electron chi connectivity index (χ1n) is 5.80. The normalized spacial score (nSPS) is 16.8. The van der Waals surface area contributed by atoms with Crippen LogP contribution in [0.2, 0.25) is 0 Å². The second-order valence-electron chi connectivity index (χ2n) is 4.19. The summed E-state index contributed by atoms with van der Waals surface area (Å²) in [5, 5.41) is 2.67. The highest BCUT2D eigenvalue weighted by atomic mass is 16.2. The van der Waals surface area contributed by atoms with E-state index in [1.54, 1.807) is 31.2 Å². The first-order chi connectivity index (χ1) is 8.59. The van der Waals surface area contributed by atoms with E-state index in [1.807, 2.05) is 6.07 Å². The fourth-order valence-electron chi connectivity index (χ4n) is 1.91. The van der Waals surface area contributed by atoms with Crippen LogP contribution in [0.15, 0.2) is 30.3 Å². The number of nitrogens with zero attached hydrogens (tertiary/aromatic N) is 1. The van der Waals surface area contributed by atoms with Gasteiger partial charge in [0.05, 0.1) is 0 Å². The predicted octanol–water partition coefficient (Wildman–Crippen LogP) is 1.16. The van der Waals surface area contributed by atoms with Gasteiger partial charge in [0.15, 0.2) is 0 Å². The van der Waals surface area contributed by atoms with Crippen molar-refractivity contribution in [2.24, 2.45) is 0 Å². The molecule has 5 heteroatoms. The van der Waals surface area contributed by atoms with E-state index >= 15 is 0 Å². The summed E-state index contributed by atoms with van der Waals surface area (Å²) in [6.07, 6.45) is 0.392. The Morgan fingerprint density at radius 3 is 2.28 bits per heavy atom. The quantitative estimate of drug-likeness (QED) is 0.814. The summed E-state index contributed by atoms with van der Waals surface area (Å²) in [6.45, 7) is 1.55. The third-order valence-corrected chi connectivity index (χ3v) is 2.90. The number of nitrogens with one attached hydrogen (secondary N) is 1. The number of carbonyl (C=O) groups is 3. The minimum absolute atomic E-state index is 0.196. The van der Waals surface area contributed by atoms with Gasteiger partial charge in [-0.05, 0) is 19.1 Å². The van der Waals surface area contributed by atoms with E-state index in [0.29, 0.717) is 5.69 Å². The third kappa shape index (κ3) is 2.40. The Morgan fingerprint density at radius 2 is 1.72 bits per heavy atom. The van der Waals surface area contributed by atoms with E-state index in [4.69, 9.17) is 0 Å². The summed E-state index contributed by atoms with van der Waals surface area (Å²) in [5.74, 6) is -0.920. The first kappa shape index (κ1) is 12.3. The van der Waals surface area contributed by atoms with Crippen LogP contribution in [-0.4, -0.2) is 28.7 Å². The predicted molar refractivity (Wildman–Crippen MR) is 65.6 cm³/mol. The van der Waals surface area contributed by atoms with Gasteiger partial charge in [-0.3, -0.25) is 19.3 Å². The second-order valence-corrected chi connectivity index (χ2v) is 4.19. The van der Waals surface area contributed by atoms with Crippen molar-refractivity contribution in [3.8, 4) is 0 Å². The number of imide groups is 1. The lowest BCUT2D eigenvalue weighted by Gasteiger charge is -2.21. The van der Waals surface area contributed by atoms with Crippen LogP contribution in [0.4, 0.5) is 5.69 Å². The van der Waals surface area contributed by atoms with Gasteiger partial charge in [-0.15, -0.1) is 0 Å². The lowest BCUT2D eigenvalue weighted by atomic mass is 10.2. The van der Waals surface area contributed by atoms with Gasteiger partial charge in [0.25, 0.3) is 0 Å². The highest BCUT2D eigenvalue weighted by Crippen LogP contribution is 2.16. The van der Waals surface area contributed by atoms with Gasteiger partial charge in [0.2, 0.25) is 17.7 Å². The minimum atomic E-state index is -0.771. The maximum Gasteiger partial charge on any atom is 0.247 e. The number of benzene rings is 1. The van der Waals surface area contributed by atoms with Crippen LogP contribution >= 0.6 is 0 Å². The lowest BCUT2D eigenvalue weighted by Crippen LogP contribution is -2.44. The highest BCUT2D eigenvalue weighted by molar-refractivity contribution is 6.07.